The van der Waals surface area contributed by atoms with Crippen LogP contribution in [-0.2, 0) is 6.54 Å². The Morgan fingerprint density at radius 2 is 1.62 bits per heavy atom. The van der Waals surface area contributed by atoms with Crippen molar-refractivity contribution >= 4 is 17.0 Å². The number of benzene rings is 3. The minimum Gasteiger partial charge on any atom is -0.497 e. The van der Waals surface area contributed by atoms with E-state index >= 15 is 0 Å². The van der Waals surface area contributed by atoms with Crippen molar-refractivity contribution in [3.8, 4) is 28.4 Å². The van der Waals surface area contributed by atoms with Gasteiger partial charge in [-0.3, -0.25) is 0 Å². The lowest BCUT2D eigenvalue weighted by atomic mass is 10.0. The molecule has 1 heterocycles. The second-order valence-electron chi connectivity index (χ2n) is 8.24. The highest BCUT2D eigenvalue weighted by atomic mass is 19.4. The molecular weight excluding hydrogens is 485 g/mol. The third-order valence-corrected chi connectivity index (χ3v) is 6.05. The first-order valence-electron chi connectivity index (χ1n) is 11.8. The van der Waals surface area contributed by atoms with Crippen LogP contribution in [0.2, 0.25) is 0 Å². The van der Waals surface area contributed by atoms with Gasteiger partial charge in [-0.2, -0.15) is 0 Å². The predicted octanol–water partition coefficient (Wildman–Crippen LogP) is 7.10. The zero-order chi connectivity index (χ0) is 26.6. The van der Waals surface area contributed by atoms with Crippen LogP contribution >= 0.6 is 0 Å². The average molecular weight is 513 g/mol. The number of halogens is 3. The van der Waals surface area contributed by atoms with E-state index in [0.29, 0.717) is 35.7 Å². The minimum absolute atomic E-state index is 0.149. The molecule has 1 amide bonds. The first-order valence-corrected chi connectivity index (χ1v) is 11.8. The van der Waals surface area contributed by atoms with Gasteiger partial charge in [-0.25, -0.2) is 4.79 Å². The van der Waals surface area contributed by atoms with Crippen molar-refractivity contribution in [2.75, 3.05) is 20.2 Å². The molecule has 0 bridgehead atoms. The number of para-hydroxylation sites is 1. The van der Waals surface area contributed by atoms with Gasteiger partial charge >= 0.3 is 12.5 Å². The Labute approximate surface area is 212 Å². The van der Waals surface area contributed by atoms with Crippen LogP contribution in [0.15, 0.2) is 72.9 Å². The zero-order valence-corrected chi connectivity index (χ0v) is 20.7. The van der Waals surface area contributed by atoms with E-state index in [2.05, 4.69) is 4.74 Å². The quantitative estimate of drug-likeness (QED) is 0.253. The molecule has 0 aliphatic heterocycles. The lowest BCUT2D eigenvalue weighted by Crippen LogP contribution is -2.33. The Hall–Kier alpha value is -4.14. The fourth-order valence-corrected chi connectivity index (χ4v) is 4.21. The molecule has 1 aromatic heterocycles. The molecule has 4 aromatic rings. The Morgan fingerprint density at radius 1 is 0.919 bits per heavy atom. The van der Waals surface area contributed by atoms with Crippen molar-refractivity contribution in [3.63, 3.8) is 0 Å². The number of fused-ring (bicyclic) bond motifs is 1. The highest BCUT2D eigenvalue weighted by molar-refractivity contribution is 5.99. The number of amides is 1. The van der Waals surface area contributed by atoms with Crippen molar-refractivity contribution in [1.29, 1.82) is 0 Å². The van der Waals surface area contributed by atoms with Crippen LogP contribution in [0.3, 0.4) is 0 Å². The van der Waals surface area contributed by atoms with Gasteiger partial charge in [0.15, 0.2) is 0 Å². The Balaban J connectivity index is 1.79. The summed E-state index contributed by atoms with van der Waals surface area (Å²) in [6, 6.07) is 18.8. The molecule has 0 unspecified atom stereocenters. The van der Waals surface area contributed by atoms with E-state index in [-0.39, 0.29) is 12.3 Å². The fourth-order valence-electron chi connectivity index (χ4n) is 4.21. The molecule has 0 aliphatic carbocycles. The maximum absolute atomic E-state index is 12.9. The van der Waals surface area contributed by atoms with Gasteiger partial charge in [0.2, 0.25) is 0 Å². The molecule has 194 valence electrons. The zero-order valence-electron chi connectivity index (χ0n) is 20.7. The molecule has 37 heavy (non-hydrogen) atoms. The van der Waals surface area contributed by atoms with Crippen LogP contribution in [0.5, 0.6) is 17.2 Å². The second kappa shape index (κ2) is 10.9. The van der Waals surface area contributed by atoms with Gasteiger partial charge in [-0.15, -0.1) is 13.2 Å². The number of hydrogen-bond acceptors (Lipinski definition) is 4. The van der Waals surface area contributed by atoms with Gasteiger partial charge in [-0.1, -0.05) is 30.3 Å². The van der Waals surface area contributed by atoms with Crippen LogP contribution in [-0.4, -0.2) is 42.1 Å². The van der Waals surface area contributed by atoms with E-state index in [9.17, 15) is 18.0 Å². The van der Waals surface area contributed by atoms with Crippen molar-refractivity contribution in [2.24, 2.45) is 0 Å². The summed E-state index contributed by atoms with van der Waals surface area (Å²) in [5.41, 5.74) is 2.63. The van der Waals surface area contributed by atoms with Crippen LogP contribution in [0.25, 0.3) is 22.0 Å². The van der Waals surface area contributed by atoms with Gasteiger partial charge in [0, 0.05) is 41.3 Å². The van der Waals surface area contributed by atoms with Gasteiger partial charge in [0.1, 0.15) is 17.2 Å². The van der Waals surface area contributed by atoms with Crippen LogP contribution < -0.4 is 14.2 Å². The molecule has 3 aromatic carbocycles. The molecule has 6 nitrogen and oxygen atoms in total. The number of rotatable bonds is 8. The van der Waals surface area contributed by atoms with E-state index in [1.54, 1.807) is 42.5 Å². The van der Waals surface area contributed by atoms with Gasteiger partial charge in [0.25, 0.3) is 0 Å². The summed E-state index contributed by atoms with van der Waals surface area (Å²) < 4.78 is 55.9. The molecule has 0 atom stereocenters. The normalized spacial score (nSPS) is 11.4. The first kappa shape index (κ1) is 25.9. The average Bonchev–Trinajstić information content (AvgIpc) is 3.27. The molecule has 0 aliphatic rings. The number of nitrogens with zero attached hydrogens (tertiary/aromatic N) is 2. The number of carbonyl (C=O) groups excluding carboxylic acids is 1. The molecule has 0 fully saturated rings. The van der Waals surface area contributed by atoms with Gasteiger partial charge < -0.3 is 23.7 Å². The van der Waals surface area contributed by atoms with Gasteiger partial charge in [0.05, 0.1) is 13.7 Å². The largest absolute Gasteiger partial charge is 0.573 e. The molecule has 0 saturated heterocycles. The summed E-state index contributed by atoms with van der Waals surface area (Å²) in [6.07, 6.45) is -3.46. The summed E-state index contributed by atoms with van der Waals surface area (Å²) in [6.45, 7) is 4.91. The highest BCUT2D eigenvalue weighted by Crippen LogP contribution is 2.39. The number of hydrogen-bond donors (Lipinski definition) is 0. The van der Waals surface area contributed by atoms with Crippen molar-refractivity contribution < 1.29 is 32.2 Å². The predicted molar refractivity (Wildman–Crippen MR) is 135 cm³/mol. The summed E-state index contributed by atoms with van der Waals surface area (Å²) >= 11 is 0. The Bertz CT molecular complexity index is 1380. The number of methoxy groups -OCH3 is 1. The lowest BCUT2D eigenvalue weighted by molar-refractivity contribution is -0.274. The van der Waals surface area contributed by atoms with E-state index < -0.39 is 12.5 Å². The number of carbonyl (C=O) groups is 1. The van der Waals surface area contributed by atoms with Crippen molar-refractivity contribution in [3.05, 3.63) is 78.5 Å². The Morgan fingerprint density at radius 3 is 2.27 bits per heavy atom. The maximum atomic E-state index is 12.9. The van der Waals surface area contributed by atoms with E-state index in [0.717, 1.165) is 16.5 Å². The highest BCUT2D eigenvalue weighted by Gasteiger charge is 2.32. The minimum atomic E-state index is -4.79. The number of alkyl halides is 3. The van der Waals surface area contributed by atoms with Crippen molar-refractivity contribution in [1.82, 2.24) is 9.47 Å². The molecular formula is C28H27F3N2O4. The third-order valence-electron chi connectivity index (χ3n) is 6.05. The summed E-state index contributed by atoms with van der Waals surface area (Å²) in [5.74, 6) is 0.807. The topological polar surface area (TPSA) is 52.9 Å². The summed E-state index contributed by atoms with van der Waals surface area (Å²) in [7, 11) is 1.58. The van der Waals surface area contributed by atoms with E-state index in [4.69, 9.17) is 9.47 Å². The number of aromatic nitrogens is 1. The van der Waals surface area contributed by atoms with E-state index in [1.165, 1.54) is 12.1 Å². The second-order valence-corrected chi connectivity index (χ2v) is 8.24. The standard InChI is InChI=1S/C28H27F3N2O4/c1-4-32(5-2)27(34)36-25-15-14-23-22(26(25)19-10-12-21(35-3)13-11-19)16-17-33(23)18-20-8-6-7-9-24(20)37-28(29,30)31/h6-17H,4-5,18H2,1-3H3. The smallest absolute Gasteiger partial charge is 0.497 e. The lowest BCUT2D eigenvalue weighted by Gasteiger charge is -2.20. The summed E-state index contributed by atoms with van der Waals surface area (Å²) in [4.78, 5) is 14.3. The molecule has 0 radical (unpaired) electrons. The Kier molecular flexibility index (Phi) is 7.61. The molecule has 4 rings (SSSR count). The van der Waals surface area contributed by atoms with Crippen molar-refractivity contribution in [2.45, 2.75) is 26.8 Å². The van der Waals surface area contributed by atoms with E-state index in [1.807, 2.05) is 48.7 Å². The number of ether oxygens (including phenoxy) is 3. The molecule has 0 spiro atoms. The SMILES string of the molecule is CCN(CC)C(=O)Oc1ccc2c(ccn2Cc2ccccc2OC(F)(F)F)c1-c1ccc(OC)cc1. The molecule has 0 saturated carbocycles. The monoisotopic (exact) mass is 512 g/mol. The van der Waals surface area contributed by atoms with Crippen LogP contribution in [0.1, 0.15) is 19.4 Å². The summed E-state index contributed by atoms with van der Waals surface area (Å²) in [5, 5.41) is 0.782. The van der Waals surface area contributed by atoms with Crippen LogP contribution in [0, 0.1) is 0 Å². The third kappa shape index (κ3) is 5.82. The maximum Gasteiger partial charge on any atom is 0.573 e. The molecule has 9 heteroatoms. The van der Waals surface area contributed by atoms with Crippen LogP contribution in [0.4, 0.5) is 18.0 Å². The van der Waals surface area contributed by atoms with Gasteiger partial charge in [-0.05, 0) is 55.8 Å². The fraction of sp³-hybridized carbons (Fsp3) is 0.250. The molecule has 0 N–H and O–H groups in total. The first-order chi connectivity index (χ1) is 17.7.